The summed E-state index contributed by atoms with van der Waals surface area (Å²) in [5.74, 6) is 0.643. The summed E-state index contributed by atoms with van der Waals surface area (Å²) in [7, 11) is 1.62. The highest BCUT2D eigenvalue weighted by atomic mass is 35.5. The number of alkyl halides is 1. The zero-order chi connectivity index (χ0) is 15.8. The molecule has 3 nitrogen and oxygen atoms in total. The first-order valence-electron chi connectivity index (χ1n) is 7.02. The van der Waals surface area contributed by atoms with Crippen molar-refractivity contribution in [2.24, 2.45) is 4.99 Å². The Kier molecular flexibility index (Phi) is 6.16. The Hall–Kier alpha value is -2.13. The number of hydrogen-bond acceptors (Lipinski definition) is 3. The molecule has 1 atom stereocenters. The van der Waals surface area contributed by atoms with Crippen LogP contribution in [0.4, 0.5) is 0 Å². The molecule has 2 aromatic carbocycles. The van der Waals surface area contributed by atoms with Crippen LogP contribution in [0.2, 0.25) is 0 Å². The van der Waals surface area contributed by atoms with Crippen molar-refractivity contribution < 1.29 is 9.53 Å². The fourth-order valence-corrected chi connectivity index (χ4v) is 2.25. The number of Topliss-reactive ketones (excluding diaryl/α,β-unsaturated/α-hetero) is 1. The lowest BCUT2D eigenvalue weighted by Crippen LogP contribution is -2.22. The lowest BCUT2D eigenvalue weighted by molar-refractivity contribution is -0.117. The second kappa shape index (κ2) is 8.35. The van der Waals surface area contributed by atoms with Gasteiger partial charge in [-0.05, 0) is 23.3 Å². The molecule has 0 saturated carbocycles. The molecule has 0 aromatic heterocycles. The highest BCUT2D eigenvalue weighted by Gasteiger charge is 2.16. The van der Waals surface area contributed by atoms with Gasteiger partial charge in [0.2, 0.25) is 0 Å². The molecule has 0 unspecified atom stereocenters. The number of benzene rings is 2. The molecule has 2 aromatic rings. The predicted molar refractivity (Wildman–Crippen MR) is 90.2 cm³/mol. The average Bonchev–Trinajstić information content (AvgIpc) is 2.59. The number of ketones is 1. The van der Waals surface area contributed by atoms with Gasteiger partial charge in [0.15, 0.2) is 5.78 Å². The lowest BCUT2D eigenvalue weighted by atomic mass is 10.0. The minimum atomic E-state index is -0.467. The van der Waals surface area contributed by atoms with Crippen LogP contribution in [0.3, 0.4) is 0 Å². The Morgan fingerprint density at radius 3 is 2.68 bits per heavy atom. The molecule has 0 amide bonds. The van der Waals surface area contributed by atoms with Crippen LogP contribution in [0.15, 0.2) is 59.6 Å². The van der Waals surface area contributed by atoms with Gasteiger partial charge in [0.25, 0.3) is 0 Å². The molecule has 0 fully saturated rings. The second-order valence-electron chi connectivity index (χ2n) is 4.86. The summed E-state index contributed by atoms with van der Waals surface area (Å²) in [5.41, 5.74) is 1.95. The number of ether oxygens (including phenoxy) is 1. The van der Waals surface area contributed by atoms with Crippen molar-refractivity contribution in [3.8, 4) is 5.75 Å². The molecule has 0 bridgehead atoms. The average molecular weight is 316 g/mol. The normalized spacial score (nSPS) is 12.3. The molecular weight excluding hydrogens is 298 g/mol. The summed E-state index contributed by atoms with van der Waals surface area (Å²) in [6, 6.07) is 16.9. The third kappa shape index (κ3) is 4.71. The van der Waals surface area contributed by atoms with Gasteiger partial charge in [0.05, 0.1) is 13.0 Å². The molecule has 0 aliphatic carbocycles. The number of hydrogen-bond donors (Lipinski definition) is 0. The van der Waals surface area contributed by atoms with Crippen molar-refractivity contribution >= 4 is 23.6 Å². The van der Waals surface area contributed by atoms with E-state index in [0.717, 1.165) is 16.9 Å². The molecule has 0 aliphatic heterocycles. The maximum atomic E-state index is 12.0. The molecule has 4 heteroatoms. The zero-order valence-corrected chi connectivity index (χ0v) is 13.2. The molecule has 0 N–H and O–H groups in total. The van der Waals surface area contributed by atoms with Crippen molar-refractivity contribution in [3.05, 3.63) is 65.7 Å². The Bertz CT molecular complexity index is 641. The highest BCUT2D eigenvalue weighted by molar-refractivity contribution is 6.28. The quantitative estimate of drug-likeness (QED) is 0.579. The first-order chi connectivity index (χ1) is 10.7. The Morgan fingerprint density at radius 1 is 1.23 bits per heavy atom. The van der Waals surface area contributed by atoms with Gasteiger partial charge in [-0.3, -0.25) is 9.79 Å². The second-order valence-corrected chi connectivity index (χ2v) is 5.13. The van der Waals surface area contributed by atoms with E-state index in [0.29, 0.717) is 6.42 Å². The summed E-state index contributed by atoms with van der Waals surface area (Å²) < 4.78 is 5.18. The van der Waals surface area contributed by atoms with E-state index >= 15 is 0 Å². The van der Waals surface area contributed by atoms with Gasteiger partial charge in [0.1, 0.15) is 11.8 Å². The number of nitrogens with zero attached hydrogens (tertiary/aromatic N) is 1. The SMILES string of the molecule is COc1cccc(C=N[C@@H](Cc2ccccc2)C(=O)CCl)c1. The van der Waals surface area contributed by atoms with Crippen LogP contribution in [-0.4, -0.2) is 31.0 Å². The molecule has 22 heavy (non-hydrogen) atoms. The van der Waals surface area contributed by atoms with Gasteiger partial charge in [-0.2, -0.15) is 0 Å². The molecule has 2 rings (SSSR count). The Labute approximate surface area is 135 Å². The number of rotatable bonds is 7. The third-order valence-corrected chi connectivity index (χ3v) is 3.54. The number of methoxy groups -OCH3 is 1. The van der Waals surface area contributed by atoms with Crippen LogP contribution in [0.1, 0.15) is 11.1 Å². The lowest BCUT2D eigenvalue weighted by Gasteiger charge is -2.10. The monoisotopic (exact) mass is 315 g/mol. The maximum Gasteiger partial charge on any atom is 0.172 e. The summed E-state index contributed by atoms with van der Waals surface area (Å²) in [6.45, 7) is 0. The molecule has 0 heterocycles. The van der Waals surface area contributed by atoms with Crippen LogP contribution < -0.4 is 4.74 Å². The van der Waals surface area contributed by atoms with Gasteiger partial charge in [-0.15, -0.1) is 11.6 Å². The zero-order valence-electron chi connectivity index (χ0n) is 12.4. The van der Waals surface area contributed by atoms with Crippen LogP contribution in [0.25, 0.3) is 0 Å². The molecule has 0 aliphatic rings. The number of carbonyl (C=O) groups is 1. The largest absolute Gasteiger partial charge is 0.497 e. The van der Waals surface area contributed by atoms with Crippen molar-refractivity contribution in [2.75, 3.05) is 13.0 Å². The van der Waals surface area contributed by atoms with Gasteiger partial charge in [0, 0.05) is 12.6 Å². The summed E-state index contributed by atoms with van der Waals surface area (Å²) >= 11 is 5.70. The van der Waals surface area contributed by atoms with Crippen molar-refractivity contribution in [1.82, 2.24) is 0 Å². The van der Waals surface area contributed by atoms with E-state index in [1.807, 2.05) is 54.6 Å². The van der Waals surface area contributed by atoms with E-state index in [9.17, 15) is 4.79 Å². The van der Waals surface area contributed by atoms with Gasteiger partial charge >= 0.3 is 0 Å². The topological polar surface area (TPSA) is 38.7 Å². The summed E-state index contributed by atoms with van der Waals surface area (Å²) in [4.78, 5) is 16.4. The minimum absolute atomic E-state index is 0.0348. The summed E-state index contributed by atoms with van der Waals surface area (Å²) in [6.07, 6.45) is 2.24. The fourth-order valence-electron chi connectivity index (χ4n) is 2.07. The van der Waals surface area contributed by atoms with Gasteiger partial charge < -0.3 is 4.74 Å². The van der Waals surface area contributed by atoms with E-state index in [4.69, 9.17) is 16.3 Å². The molecule has 0 spiro atoms. The van der Waals surface area contributed by atoms with Crippen LogP contribution in [0.5, 0.6) is 5.75 Å². The highest BCUT2D eigenvalue weighted by Crippen LogP contribution is 2.12. The van der Waals surface area contributed by atoms with E-state index in [1.54, 1.807) is 13.3 Å². The smallest absolute Gasteiger partial charge is 0.172 e. The van der Waals surface area contributed by atoms with E-state index < -0.39 is 6.04 Å². The van der Waals surface area contributed by atoms with Gasteiger partial charge in [-0.1, -0.05) is 42.5 Å². The van der Waals surface area contributed by atoms with E-state index in [1.165, 1.54) is 0 Å². The summed E-state index contributed by atoms with van der Waals surface area (Å²) in [5, 5.41) is 0. The standard InChI is InChI=1S/C18H18ClNO2/c1-22-16-9-5-8-15(10-16)13-20-17(18(21)12-19)11-14-6-3-2-4-7-14/h2-10,13,17H,11-12H2,1H3/t17-/m0/s1. The Morgan fingerprint density at radius 2 is 2.00 bits per heavy atom. The number of aliphatic imine (C=N–C) groups is 1. The third-order valence-electron chi connectivity index (χ3n) is 3.27. The van der Waals surface area contributed by atoms with Crippen molar-refractivity contribution in [2.45, 2.75) is 12.5 Å². The van der Waals surface area contributed by atoms with Gasteiger partial charge in [-0.25, -0.2) is 0 Å². The molecular formula is C18H18ClNO2. The molecule has 114 valence electrons. The fraction of sp³-hybridized carbons (Fsp3) is 0.222. The van der Waals surface area contributed by atoms with Crippen LogP contribution in [-0.2, 0) is 11.2 Å². The van der Waals surface area contributed by atoms with Crippen LogP contribution in [0, 0.1) is 0 Å². The van der Waals surface area contributed by atoms with Crippen molar-refractivity contribution in [3.63, 3.8) is 0 Å². The van der Waals surface area contributed by atoms with E-state index in [-0.39, 0.29) is 11.7 Å². The Balaban J connectivity index is 2.15. The predicted octanol–water partition coefficient (Wildman–Crippen LogP) is 3.53. The molecule has 0 radical (unpaired) electrons. The van der Waals surface area contributed by atoms with Crippen molar-refractivity contribution in [1.29, 1.82) is 0 Å². The maximum absolute atomic E-state index is 12.0. The molecule has 0 saturated heterocycles. The number of carbonyl (C=O) groups excluding carboxylic acids is 1. The number of halogens is 1. The van der Waals surface area contributed by atoms with E-state index in [2.05, 4.69) is 4.99 Å². The van der Waals surface area contributed by atoms with Crippen LogP contribution >= 0.6 is 11.6 Å². The first kappa shape index (κ1) is 16.2. The first-order valence-corrected chi connectivity index (χ1v) is 7.56. The minimum Gasteiger partial charge on any atom is -0.497 e.